The minimum absolute atomic E-state index is 0. The van der Waals surface area contributed by atoms with Crippen molar-refractivity contribution >= 4 is 0 Å². The Labute approximate surface area is 65.7 Å². The van der Waals surface area contributed by atoms with Gasteiger partial charge in [0, 0.05) is 7.97 Å². The second-order valence-corrected chi connectivity index (χ2v) is 4.27. The van der Waals surface area contributed by atoms with Crippen molar-refractivity contribution in [1.82, 2.24) is 5.32 Å². The summed E-state index contributed by atoms with van der Waals surface area (Å²) in [6.07, 6.45) is 2.73. The average molecular weight is 143 g/mol. The van der Waals surface area contributed by atoms with Gasteiger partial charge in [0.25, 0.3) is 0 Å². The standard InChI is InChI=1S/C9H19N.H2/c1-4-8-5-9(2,3)7-10-6-8;/h8,10H,4-7H2,1-3H3;1H/t8-;/m0./s1. The lowest BCUT2D eigenvalue weighted by molar-refractivity contribution is 0.197. The highest BCUT2D eigenvalue weighted by molar-refractivity contribution is 4.81. The maximum atomic E-state index is 3.48. The van der Waals surface area contributed by atoms with Gasteiger partial charge in [0.15, 0.2) is 0 Å². The third kappa shape index (κ3) is 1.98. The molecule has 0 unspecified atom stereocenters. The largest absolute Gasteiger partial charge is 0.316 e. The molecule has 0 aromatic carbocycles. The fraction of sp³-hybridized carbons (Fsp3) is 1.00. The van der Waals surface area contributed by atoms with E-state index in [1.165, 1.54) is 25.9 Å². The van der Waals surface area contributed by atoms with Crippen molar-refractivity contribution in [3.8, 4) is 0 Å². The van der Waals surface area contributed by atoms with E-state index in [-0.39, 0.29) is 1.43 Å². The molecule has 1 fully saturated rings. The van der Waals surface area contributed by atoms with Crippen LogP contribution in [-0.4, -0.2) is 13.1 Å². The molecule has 0 amide bonds. The first-order chi connectivity index (χ1) is 4.64. The summed E-state index contributed by atoms with van der Waals surface area (Å²) in [6, 6.07) is 0. The summed E-state index contributed by atoms with van der Waals surface area (Å²) in [6.45, 7) is 9.42. The molecule has 0 spiro atoms. The van der Waals surface area contributed by atoms with Crippen LogP contribution in [0.5, 0.6) is 0 Å². The van der Waals surface area contributed by atoms with Crippen LogP contribution in [0.1, 0.15) is 35.0 Å². The third-order valence-corrected chi connectivity index (χ3v) is 2.46. The van der Waals surface area contributed by atoms with Gasteiger partial charge in [-0.15, -0.1) is 0 Å². The van der Waals surface area contributed by atoms with Crippen molar-refractivity contribution in [1.29, 1.82) is 0 Å². The second kappa shape index (κ2) is 2.91. The van der Waals surface area contributed by atoms with E-state index < -0.39 is 0 Å². The predicted octanol–water partition coefficient (Wildman–Crippen LogP) is 2.28. The smallest absolute Gasteiger partial charge is 0.000274 e. The Morgan fingerprint density at radius 2 is 2.30 bits per heavy atom. The van der Waals surface area contributed by atoms with Gasteiger partial charge in [-0.25, -0.2) is 0 Å². The van der Waals surface area contributed by atoms with Gasteiger partial charge in [-0.2, -0.15) is 0 Å². The van der Waals surface area contributed by atoms with Gasteiger partial charge in [0.05, 0.1) is 0 Å². The number of rotatable bonds is 1. The van der Waals surface area contributed by atoms with Crippen LogP contribution in [0, 0.1) is 11.3 Å². The van der Waals surface area contributed by atoms with E-state index >= 15 is 0 Å². The Balaban J connectivity index is 0.000001000. The van der Waals surface area contributed by atoms with Crippen molar-refractivity contribution in [2.24, 2.45) is 11.3 Å². The molecule has 62 valence electrons. The van der Waals surface area contributed by atoms with Crippen molar-refractivity contribution in [3.05, 3.63) is 0 Å². The van der Waals surface area contributed by atoms with Gasteiger partial charge < -0.3 is 5.32 Å². The van der Waals surface area contributed by atoms with Crippen LogP contribution in [0.2, 0.25) is 0 Å². The molecule has 1 heterocycles. The van der Waals surface area contributed by atoms with Crippen LogP contribution in [0.4, 0.5) is 0 Å². The summed E-state index contributed by atoms with van der Waals surface area (Å²) in [5.41, 5.74) is 0.541. The maximum absolute atomic E-state index is 3.48. The molecule has 1 N–H and O–H groups in total. The predicted molar refractivity (Wildman–Crippen MR) is 47.2 cm³/mol. The van der Waals surface area contributed by atoms with Crippen LogP contribution in [0.25, 0.3) is 0 Å². The lowest BCUT2D eigenvalue weighted by Gasteiger charge is -2.35. The topological polar surface area (TPSA) is 12.0 Å². The molecule has 1 atom stereocenters. The van der Waals surface area contributed by atoms with E-state index in [0.29, 0.717) is 5.41 Å². The van der Waals surface area contributed by atoms with Crippen molar-refractivity contribution in [2.75, 3.05) is 13.1 Å². The zero-order chi connectivity index (χ0) is 7.61. The SMILES string of the molecule is CC[C@@H]1CNCC(C)(C)C1.[HH]. The van der Waals surface area contributed by atoms with E-state index in [0.717, 1.165) is 5.92 Å². The number of nitrogens with one attached hydrogen (secondary N) is 1. The van der Waals surface area contributed by atoms with Gasteiger partial charge in [0.2, 0.25) is 0 Å². The van der Waals surface area contributed by atoms with E-state index in [1.807, 2.05) is 0 Å². The number of piperidine rings is 1. The Hall–Kier alpha value is -0.0400. The lowest BCUT2D eigenvalue weighted by Crippen LogP contribution is -2.40. The Bertz CT molecular complexity index is 112. The molecular weight excluding hydrogens is 122 g/mol. The first kappa shape index (κ1) is 8.06. The molecule has 0 aliphatic carbocycles. The Morgan fingerprint density at radius 1 is 1.60 bits per heavy atom. The zero-order valence-electron chi connectivity index (χ0n) is 7.41. The fourth-order valence-electron chi connectivity index (χ4n) is 1.83. The quantitative estimate of drug-likeness (QED) is 0.594. The molecule has 1 heteroatoms. The van der Waals surface area contributed by atoms with E-state index in [2.05, 4.69) is 26.1 Å². The first-order valence-electron chi connectivity index (χ1n) is 4.35. The summed E-state index contributed by atoms with van der Waals surface area (Å²) in [5, 5.41) is 3.48. The Morgan fingerprint density at radius 3 is 2.70 bits per heavy atom. The molecule has 1 aliphatic heterocycles. The third-order valence-electron chi connectivity index (χ3n) is 2.46. The van der Waals surface area contributed by atoms with Gasteiger partial charge in [-0.1, -0.05) is 27.2 Å². The molecule has 0 saturated carbocycles. The Kier molecular flexibility index (Phi) is 2.35. The number of hydrogen-bond acceptors (Lipinski definition) is 1. The van der Waals surface area contributed by atoms with Crippen molar-refractivity contribution in [3.63, 3.8) is 0 Å². The summed E-state index contributed by atoms with van der Waals surface area (Å²) < 4.78 is 0. The minimum atomic E-state index is 0. The van der Waals surface area contributed by atoms with E-state index in [4.69, 9.17) is 0 Å². The molecule has 1 rings (SSSR count). The van der Waals surface area contributed by atoms with Crippen LogP contribution in [-0.2, 0) is 0 Å². The molecule has 0 aromatic rings. The fourth-order valence-corrected chi connectivity index (χ4v) is 1.83. The highest BCUT2D eigenvalue weighted by Gasteiger charge is 2.26. The van der Waals surface area contributed by atoms with E-state index in [9.17, 15) is 0 Å². The minimum Gasteiger partial charge on any atom is -0.316 e. The highest BCUT2D eigenvalue weighted by Crippen LogP contribution is 2.29. The second-order valence-electron chi connectivity index (χ2n) is 4.27. The molecule has 1 aliphatic rings. The summed E-state index contributed by atoms with van der Waals surface area (Å²) in [7, 11) is 0. The van der Waals surface area contributed by atoms with Gasteiger partial charge >= 0.3 is 0 Å². The summed E-state index contributed by atoms with van der Waals surface area (Å²) in [4.78, 5) is 0. The molecule has 0 bridgehead atoms. The summed E-state index contributed by atoms with van der Waals surface area (Å²) in [5.74, 6) is 0.920. The average Bonchev–Trinajstić information content (AvgIpc) is 1.86. The monoisotopic (exact) mass is 143 g/mol. The normalized spacial score (nSPS) is 32.1. The molecule has 0 radical (unpaired) electrons. The van der Waals surface area contributed by atoms with Crippen LogP contribution in [0.3, 0.4) is 0 Å². The number of hydrogen-bond donors (Lipinski definition) is 1. The highest BCUT2D eigenvalue weighted by atomic mass is 14.9. The molecule has 10 heavy (non-hydrogen) atoms. The molecule has 1 nitrogen and oxygen atoms in total. The summed E-state index contributed by atoms with van der Waals surface area (Å²) >= 11 is 0. The van der Waals surface area contributed by atoms with Gasteiger partial charge in [-0.3, -0.25) is 0 Å². The molecule has 1 saturated heterocycles. The lowest BCUT2D eigenvalue weighted by atomic mass is 9.79. The first-order valence-corrected chi connectivity index (χ1v) is 4.35. The van der Waals surface area contributed by atoms with Gasteiger partial charge in [0.1, 0.15) is 0 Å². The maximum Gasteiger partial charge on any atom is 0.000274 e. The van der Waals surface area contributed by atoms with Gasteiger partial charge in [-0.05, 0) is 24.3 Å². The van der Waals surface area contributed by atoms with E-state index in [1.54, 1.807) is 0 Å². The molecule has 0 aromatic heterocycles. The van der Waals surface area contributed by atoms with Crippen molar-refractivity contribution in [2.45, 2.75) is 33.6 Å². The van der Waals surface area contributed by atoms with Crippen molar-refractivity contribution < 1.29 is 1.43 Å². The van der Waals surface area contributed by atoms with Crippen LogP contribution in [0.15, 0.2) is 0 Å². The zero-order valence-corrected chi connectivity index (χ0v) is 7.41. The molecular formula is C9H21N. The van der Waals surface area contributed by atoms with Crippen LogP contribution < -0.4 is 5.32 Å². The van der Waals surface area contributed by atoms with Crippen LogP contribution >= 0.6 is 0 Å².